The van der Waals surface area contributed by atoms with Crippen LogP contribution in [-0.4, -0.2) is 28.2 Å². The molecule has 29 heavy (non-hydrogen) atoms. The number of carbonyl (C=O) groups is 2. The number of halogens is 1. The predicted octanol–water partition coefficient (Wildman–Crippen LogP) is 5.58. The molecular weight excluding hydrogens is 430 g/mol. The van der Waals surface area contributed by atoms with Crippen molar-refractivity contribution in [3.63, 3.8) is 0 Å². The van der Waals surface area contributed by atoms with Gasteiger partial charge in [0.25, 0.3) is 11.7 Å². The van der Waals surface area contributed by atoms with E-state index in [1.165, 1.54) is 5.56 Å². The average Bonchev–Trinajstić information content (AvgIpc) is 2.93. The quantitative estimate of drug-likeness (QED) is 0.371. The number of likely N-dealkylation sites (tertiary alicyclic amines) is 1. The Hall–Kier alpha value is -2.40. The highest BCUT2D eigenvalue weighted by Crippen LogP contribution is 2.40. The summed E-state index contributed by atoms with van der Waals surface area (Å²) in [5.41, 5.74) is 2.65. The maximum atomic E-state index is 12.9. The highest BCUT2D eigenvalue weighted by molar-refractivity contribution is 9.10. The number of amides is 1. The Morgan fingerprint density at radius 1 is 1.03 bits per heavy atom. The molecule has 0 bridgehead atoms. The van der Waals surface area contributed by atoms with Gasteiger partial charge < -0.3 is 10.0 Å². The monoisotopic (exact) mass is 455 g/mol. The minimum absolute atomic E-state index is 0.00117. The lowest BCUT2D eigenvalue weighted by atomic mass is 9.85. The van der Waals surface area contributed by atoms with Crippen LogP contribution in [-0.2, 0) is 15.0 Å². The Bertz CT molecular complexity index is 953. The maximum Gasteiger partial charge on any atom is 0.295 e. The molecule has 1 atom stereocenters. The maximum absolute atomic E-state index is 12.9. The second-order valence-corrected chi connectivity index (χ2v) is 9.29. The van der Waals surface area contributed by atoms with Crippen LogP contribution in [0.4, 0.5) is 0 Å². The van der Waals surface area contributed by atoms with E-state index in [4.69, 9.17) is 0 Å². The smallest absolute Gasteiger partial charge is 0.295 e. The first-order valence-electron chi connectivity index (χ1n) is 9.80. The van der Waals surface area contributed by atoms with Crippen molar-refractivity contribution >= 4 is 33.4 Å². The summed E-state index contributed by atoms with van der Waals surface area (Å²) >= 11 is 3.37. The molecule has 2 aromatic carbocycles. The number of aliphatic hydroxyl groups excluding tert-OH is 1. The third-order valence-corrected chi connectivity index (χ3v) is 5.74. The zero-order valence-corrected chi connectivity index (χ0v) is 18.8. The average molecular weight is 456 g/mol. The van der Waals surface area contributed by atoms with Crippen molar-refractivity contribution in [3.05, 3.63) is 75.3 Å². The topological polar surface area (TPSA) is 57.6 Å². The fourth-order valence-electron chi connectivity index (χ4n) is 3.63. The van der Waals surface area contributed by atoms with E-state index in [-0.39, 0.29) is 16.7 Å². The molecule has 1 N–H and O–H groups in total. The van der Waals surface area contributed by atoms with Gasteiger partial charge in [-0.15, -0.1) is 0 Å². The van der Waals surface area contributed by atoms with Gasteiger partial charge in [-0.25, -0.2) is 0 Å². The number of carbonyl (C=O) groups excluding carboxylic acids is 2. The second-order valence-electron chi connectivity index (χ2n) is 8.37. The number of nitrogens with zero attached hydrogens (tertiary/aromatic N) is 1. The fourth-order valence-corrected chi connectivity index (χ4v) is 3.89. The predicted molar refractivity (Wildman–Crippen MR) is 119 cm³/mol. The Kier molecular flexibility index (Phi) is 5.99. The van der Waals surface area contributed by atoms with Crippen LogP contribution in [0, 0.1) is 0 Å². The molecule has 0 saturated carbocycles. The van der Waals surface area contributed by atoms with Gasteiger partial charge in [-0.05, 0) is 35.1 Å². The van der Waals surface area contributed by atoms with Crippen molar-refractivity contribution in [2.45, 2.75) is 45.6 Å². The number of hydrogen-bond donors (Lipinski definition) is 1. The summed E-state index contributed by atoms with van der Waals surface area (Å²) in [5, 5.41) is 11.0. The summed E-state index contributed by atoms with van der Waals surface area (Å²) in [6.07, 6.45) is 0.724. The minimum atomic E-state index is -0.635. The van der Waals surface area contributed by atoms with Gasteiger partial charge in [0.2, 0.25) is 0 Å². The normalized spacial score (nSPS) is 19.1. The van der Waals surface area contributed by atoms with E-state index < -0.39 is 17.7 Å². The zero-order chi connectivity index (χ0) is 21.3. The zero-order valence-electron chi connectivity index (χ0n) is 17.2. The molecule has 1 heterocycles. The van der Waals surface area contributed by atoms with E-state index in [9.17, 15) is 14.7 Å². The van der Waals surface area contributed by atoms with Crippen molar-refractivity contribution < 1.29 is 14.7 Å². The van der Waals surface area contributed by atoms with Gasteiger partial charge in [0.05, 0.1) is 11.6 Å². The molecule has 3 rings (SSSR count). The van der Waals surface area contributed by atoms with Crippen molar-refractivity contribution in [2.24, 2.45) is 0 Å². The summed E-state index contributed by atoms with van der Waals surface area (Å²) in [4.78, 5) is 27.2. The Balaban J connectivity index is 2.14. The minimum Gasteiger partial charge on any atom is -0.507 e. The summed E-state index contributed by atoms with van der Waals surface area (Å²) in [6, 6.07) is 14.4. The summed E-state index contributed by atoms with van der Waals surface area (Å²) in [6.45, 7) is 8.83. The standard InChI is InChI=1S/C24H26BrNO3/c1-5-14-26-20(15-6-10-17(11-7-15)24(2,3)4)19(22(28)23(26)29)21(27)16-8-12-18(25)13-9-16/h6-13,20,27H,5,14H2,1-4H3/b21-19-. The largest absolute Gasteiger partial charge is 0.507 e. The molecule has 152 valence electrons. The number of benzene rings is 2. The van der Waals surface area contributed by atoms with Crippen LogP contribution in [0.1, 0.15) is 56.8 Å². The molecule has 1 amide bonds. The van der Waals surface area contributed by atoms with E-state index in [2.05, 4.69) is 36.7 Å². The van der Waals surface area contributed by atoms with Gasteiger partial charge in [0.15, 0.2) is 0 Å². The van der Waals surface area contributed by atoms with Crippen LogP contribution in [0.2, 0.25) is 0 Å². The molecule has 1 saturated heterocycles. The lowest BCUT2D eigenvalue weighted by Crippen LogP contribution is -2.30. The Labute approximate surface area is 180 Å². The number of ketones is 1. The van der Waals surface area contributed by atoms with Crippen molar-refractivity contribution in [2.75, 3.05) is 6.54 Å². The third kappa shape index (κ3) is 4.15. The number of hydrogen-bond acceptors (Lipinski definition) is 3. The molecule has 0 spiro atoms. The van der Waals surface area contributed by atoms with Crippen molar-refractivity contribution in [1.82, 2.24) is 4.90 Å². The van der Waals surface area contributed by atoms with Crippen LogP contribution in [0.3, 0.4) is 0 Å². The first-order valence-corrected chi connectivity index (χ1v) is 10.6. The molecule has 2 aromatic rings. The molecule has 0 aliphatic carbocycles. The molecule has 1 aliphatic heterocycles. The van der Waals surface area contributed by atoms with Gasteiger partial charge in [-0.3, -0.25) is 9.59 Å². The Morgan fingerprint density at radius 2 is 1.62 bits per heavy atom. The summed E-state index contributed by atoms with van der Waals surface area (Å²) in [5.74, 6) is -1.33. The van der Waals surface area contributed by atoms with E-state index in [0.29, 0.717) is 12.1 Å². The van der Waals surface area contributed by atoms with Gasteiger partial charge in [0, 0.05) is 16.6 Å². The van der Waals surface area contributed by atoms with Crippen molar-refractivity contribution in [1.29, 1.82) is 0 Å². The highest BCUT2D eigenvalue weighted by Gasteiger charge is 2.45. The fraction of sp³-hybridized carbons (Fsp3) is 0.333. The molecular formula is C24H26BrNO3. The number of rotatable bonds is 4. The van der Waals surface area contributed by atoms with E-state index in [0.717, 1.165) is 16.5 Å². The summed E-state index contributed by atoms with van der Waals surface area (Å²) < 4.78 is 0.870. The van der Waals surface area contributed by atoms with Crippen LogP contribution >= 0.6 is 15.9 Å². The van der Waals surface area contributed by atoms with E-state index in [1.54, 1.807) is 29.2 Å². The molecule has 1 fully saturated rings. The molecule has 4 nitrogen and oxygen atoms in total. The molecule has 1 aliphatic rings. The second kappa shape index (κ2) is 8.15. The van der Waals surface area contributed by atoms with Crippen LogP contribution < -0.4 is 0 Å². The van der Waals surface area contributed by atoms with Crippen molar-refractivity contribution in [3.8, 4) is 0 Å². The number of aliphatic hydroxyl groups is 1. The first kappa shape index (κ1) is 21.3. The van der Waals surface area contributed by atoms with Gasteiger partial charge >= 0.3 is 0 Å². The van der Waals surface area contributed by atoms with E-state index in [1.807, 2.05) is 31.2 Å². The molecule has 0 aromatic heterocycles. The van der Waals surface area contributed by atoms with Crippen LogP contribution in [0.25, 0.3) is 5.76 Å². The van der Waals surface area contributed by atoms with Gasteiger partial charge in [-0.2, -0.15) is 0 Å². The lowest BCUT2D eigenvalue weighted by molar-refractivity contribution is -0.139. The highest BCUT2D eigenvalue weighted by atomic mass is 79.9. The molecule has 5 heteroatoms. The van der Waals surface area contributed by atoms with Crippen LogP contribution in [0.15, 0.2) is 58.6 Å². The first-order chi connectivity index (χ1) is 13.6. The lowest BCUT2D eigenvalue weighted by Gasteiger charge is -2.26. The number of Topliss-reactive ketones (excluding diaryl/α,β-unsaturated/α-hetero) is 1. The van der Waals surface area contributed by atoms with Gasteiger partial charge in [-0.1, -0.05) is 80.0 Å². The third-order valence-electron chi connectivity index (χ3n) is 5.21. The SMILES string of the molecule is CCCN1C(=O)C(=O)/C(=C(\O)c2ccc(Br)cc2)C1c1ccc(C(C)(C)C)cc1. The van der Waals surface area contributed by atoms with Crippen LogP contribution in [0.5, 0.6) is 0 Å². The summed E-state index contributed by atoms with van der Waals surface area (Å²) in [7, 11) is 0. The van der Waals surface area contributed by atoms with Gasteiger partial charge in [0.1, 0.15) is 5.76 Å². The molecule has 1 unspecified atom stereocenters. The Morgan fingerprint density at radius 3 is 2.14 bits per heavy atom. The molecule has 0 radical (unpaired) electrons. The van der Waals surface area contributed by atoms with E-state index >= 15 is 0 Å².